The summed E-state index contributed by atoms with van der Waals surface area (Å²) in [7, 11) is 5.21. The molecule has 0 heterocycles. The molecule has 14 heavy (non-hydrogen) atoms. The lowest BCUT2D eigenvalue weighted by molar-refractivity contribution is 0.0962. The van der Waals surface area contributed by atoms with Crippen LogP contribution in [-0.2, 0) is 0 Å². The minimum Gasteiger partial charge on any atom is -0.506 e. The van der Waals surface area contributed by atoms with Gasteiger partial charge in [0.1, 0.15) is 5.75 Å². The number of nitrogens with one attached hydrogen (secondary N) is 1. The average Bonchev–Trinajstić information content (AvgIpc) is 2.15. The lowest BCUT2D eigenvalue weighted by Crippen LogP contribution is -2.18. The first-order valence-electron chi connectivity index (χ1n) is 4.28. The van der Waals surface area contributed by atoms with Crippen LogP contribution in [0.4, 0.5) is 5.69 Å². The number of amides is 1. The van der Waals surface area contributed by atoms with Crippen molar-refractivity contribution in [3.63, 3.8) is 0 Å². The second kappa shape index (κ2) is 4.00. The first kappa shape index (κ1) is 10.4. The van der Waals surface area contributed by atoms with E-state index in [1.807, 2.05) is 14.1 Å². The molecule has 2 N–H and O–H groups in total. The average molecular weight is 194 g/mol. The van der Waals surface area contributed by atoms with Crippen LogP contribution in [0.15, 0.2) is 18.2 Å². The fourth-order valence-electron chi connectivity index (χ4n) is 1.19. The minimum absolute atomic E-state index is 0.108. The molecule has 0 aromatic heterocycles. The third-order valence-corrected chi connectivity index (χ3v) is 1.95. The Morgan fingerprint density at radius 2 is 2.07 bits per heavy atom. The minimum atomic E-state index is -0.203. The van der Waals surface area contributed by atoms with Gasteiger partial charge in [0.05, 0.1) is 5.69 Å². The van der Waals surface area contributed by atoms with Crippen LogP contribution in [0.5, 0.6) is 5.75 Å². The van der Waals surface area contributed by atoms with Crippen LogP contribution in [0.1, 0.15) is 10.4 Å². The number of hydrogen-bond donors (Lipinski definition) is 2. The normalized spacial score (nSPS) is 9.64. The largest absolute Gasteiger partial charge is 0.506 e. The quantitative estimate of drug-likeness (QED) is 0.732. The van der Waals surface area contributed by atoms with Crippen molar-refractivity contribution in [3.8, 4) is 5.75 Å². The number of benzene rings is 1. The van der Waals surface area contributed by atoms with Gasteiger partial charge in [0.2, 0.25) is 0 Å². The molecule has 0 atom stereocenters. The van der Waals surface area contributed by atoms with E-state index in [0.717, 1.165) is 0 Å². The van der Waals surface area contributed by atoms with Crippen LogP contribution in [-0.4, -0.2) is 32.2 Å². The summed E-state index contributed by atoms with van der Waals surface area (Å²) in [5, 5.41) is 12.1. The van der Waals surface area contributed by atoms with Crippen molar-refractivity contribution >= 4 is 11.6 Å². The Morgan fingerprint density at radius 3 is 2.50 bits per heavy atom. The predicted molar refractivity (Wildman–Crippen MR) is 55.8 cm³/mol. The van der Waals surface area contributed by atoms with Gasteiger partial charge in [-0.2, -0.15) is 0 Å². The highest BCUT2D eigenvalue weighted by Crippen LogP contribution is 2.26. The number of phenolic OH excluding ortho intramolecular Hbond substituents is 1. The number of carbonyl (C=O) groups is 1. The van der Waals surface area contributed by atoms with E-state index in [0.29, 0.717) is 11.3 Å². The number of carbonyl (C=O) groups excluding carboxylic acids is 1. The van der Waals surface area contributed by atoms with Crippen molar-refractivity contribution in [3.05, 3.63) is 23.8 Å². The smallest absolute Gasteiger partial charge is 0.251 e. The van der Waals surface area contributed by atoms with Crippen molar-refractivity contribution in [2.45, 2.75) is 0 Å². The van der Waals surface area contributed by atoms with Crippen LogP contribution in [0.2, 0.25) is 0 Å². The molecule has 1 amide bonds. The summed E-state index contributed by atoms with van der Waals surface area (Å²) in [5.41, 5.74) is 1.15. The van der Waals surface area contributed by atoms with Crippen LogP contribution in [0.25, 0.3) is 0 Å². The Kier molecular flexibility index (Phi) is 2.96. The fourth-order valence-corrected chi connectivity index (χ4v) is 1.19. The number of rotatable bonds is 2. The molecular weight excluding hydrogens is 180 g/mol. The van der Waals surface area contributed by atoms with Gasteiger partial charge in [0, 0.05) is 26.7 Å². The highest BCUT2D eigenvalue weighted by atomic mass is 16.3. The van der Waals surface area contributed by atoms with Crippen molar-refractivity contribution in [2.75, 3.05) is 26.0 Å². The molecular formula is C10H14N2O2. The Bertz CT molecular complexity index is 348. The van der Waals surface area contributed by atoms with E-state index in [9.17, 15) is 9.90 Å². The summed E-state index contributed by atoms with van der Waals surface area (Å²) >= 11 is 0. The number of aromatic hydroxyl groups is 1. The van der Waals surface area contributed by atoms with Gasteiger partial charge >= 0.3 is 0 Å². The molecule has 0 bridgehead atoms. The summed E-state index contributed by atoms with van der Waals surface area (Å²) in [6.45, 7) is 0. The van der Waals surface area contributed by atoms with E-state index in [1.54, 1.807) is 24.1 Å². The number of anilines is 1. The zero-order valence-corrected chi connectivity index (χ0v) is 8.53. The van der Waals surface area contributed by atoms with Crippen LogP contribution in [0, 0.1) is 0 Å². The summed E-state index contributed by atoms with van der Waals surface area (Å²) in [5.74, 6) is -0.0956. The van der Waals surface area contributed by atoms with Gasteiger partial charge in [0.25, 0.3) is 5.91 Å². The molecule has 76 valence electrons. The Morgan fingerprint density at radius 1 is 1.43 bits per heavy atom. The standard InChI is InChI=1S/C10H14N2O2/c1-11-10(14)7-4-5-8(12(2)3)9(13)6-7/h4-6,13H,1-3H3,(H,11,14). The predicted octanol–water partition coefficient (Wildman–Crippen LogP) is 0.818. The SMILES string of the molecule is CNC(=O)c1ccc(N(C)C)c(O)c1. The summed E-state index contributed by atoms with van der Waals surface area (Å²) in [4.78, 5) is 13.0. The summed E-state index contributed by atoms with van der Waals surface area (Å²) < 4.78 is 0. The molecule has 1 aromatic rings. The van der Waals surface area contributed by atoms with Gasteiger partial charge in [-0.25, -0.2) is 0 Å². The molecule has 4 nitrogen and oxygen atoms in total. The first-order chi connectivity index (χ1) is 6.56. The van der Waals surface area contributed by atoms with Gasteiger partial charge in [-0.15, -0.1) is 0 Å². The fraction of sp³-hybridized carbons (Fsp3) is 0.300. The Labute approximate surface area is 83.2 Å². The molecule has 0 unspecified atom stereocenters. The van der Waals surface area contributed by atoms with Gasteiger partial charge in [-0.1, -0.05) is 0 Å². The summed E-state index contributed by atoms with van der Waals surface area (Å²) in [6.07, 6.45) is 0. The molecule has 0 saturated carbocycles. The van der Waals surface area contributed by atoms with E-state index >= 15 is 0 Å². The monoisotopic (exact) mass is 194 g/mol. The summed E-state index contributed by atoms with van der Waals surface area (Å²) in [6, 6.07) is 4.84. The van der Waals surface area contributed by atoms with Gasteiger partial charge < -0.3 is 15.3 Å². The van der Waals surface area contributed by atoms with Crippen LogP contribution in [0.3, 0.4) is 0 Å². The molecule has 0 aliphatic heterocycles. The number of hydrogen-bond acceptors (Lipinski definition) is 3. The van der Waals surface area contributed by atoms with E-state index in [2.05, 4.69) is 5.32 Å². The van der Waals surface area contributed by atoms with Crippen LogP contribution < -0.4 is 10.2 Å². The Hall–Kier alpha value is -1.71. The van der Waals surface area contributed by atoms with Gasteiger partial charge in [0.15, 0.2) is 0 Å². The van der Waals surface area contributed by atoms with E-state index in [4.69, 9.17) is 0 Å². The molecule has 1 rings (SSSR count). The van der Waals surface area contributed by atoms with Crippen molar-refractivity contribution in [1.82, 2.24) is 5.32 Å². The topological polar surface area (TPSA) is 52.6 Å². The lowest BCUT2D eigenvalue weighted by atomic mass is 10.1. The number of phenols is 1. The maximum absolute atomic E-state index is 11.2. The third kappa shape index (κ3) is 1.96. The zero-order chi connectivity index (χ0) is 10.7. The molecule has 1 aromatic carbocycles. The third-order valence-electron chi connectivity index (χ3n) is 1.95. The lowest BCUT2D eigenvalue weighted by Gasteiger charge is -2.14. The molecule has 0 radical (unpaired) electrons. The molecule has 0 fully saturated rings. The van der Waals surface area contributed by atoms with E-state index in [1.165, 1.54) is 6.07 Å². The zero-order valence-electron chi connectivity index (χ0n) is 8.53. The Balaban J connectivity index is 3.06. The molecule has 4 heteroatoms. The molecule has 0 spiro atoms. The molecule has 0 aliphatic rings. The second-order valence-corrected chi connectivity index (χ2v) is 3.18. The maximum atomic E-state index is 11.2. The van der Waals surface area contributed by atoms with Crippen LogP contribution >= 0.6 is 0 Å². The van der Waals surface area contributed by atoms with Crippen molar-refractivity contribution < 1.29 is 9.90 Å². The molecule has 0 aliphatic carbocycles. The van der Waals surface area contributed by atoms with Crippen molar-refractivity contribution in [1.29, 1.82) is 0 Å². The van der Waals surface area contributed by atoms with Crippen molar-refractivity contribution in [2.24, 2.45) is 0 Å². The maximum Gasteiger partial charge on any atom is 0.251 e. The number of nitrogens with zero attached hydrogens (tertiary/aromatic N) is 1. The highest BCUT2D eigenvalue weighted by Gasteiger charge is 2.08. The molecule has 0 saturated heterocycles. The second-order valence-electron chi connectivity index (χ2n) is 3.18. The van der Waals surface area contributed by atoms with E-state index < -0.39 is 0 Å². The highest BCUT2D eigenvalue weighted by molar-refractivity contribution is 5.95. The van der Waals surface area contributed by atoms with E-state index in [-0.39, 0.29) is 11.7 Å². The first-order valence-corrected chi connectivity index (χ1v) is 4.28. The van der Waals surface area contributed by atoms with Gasteiger partial charge in [-0.05, 0) is 18.2 Å². The van der Waals surface area contributed by atoms with Gasteiger partial charge in [-0.3, -0.25) is 4.79 Å².